The second-order valence-electron chi connectivity index (χ2n) is 4.22. The minimum absolute atomic E-state index is 0.340. The van der Waals surface area contributed by atoms with E-state index in [9.17, 15) is 0 Å². The standard InChI is InChI=1S/C14H14ClN3OS/c1-8-5-9(14(16)20)6-13(17-8)18-10-3-4-11(15)12(7-10)19-2/h3-7H,1-2H3,(H2,16,20)(H,17,18). The van der Waals surface area contributed by atoms with E-state index >= 15 is 0 Å². The zero-order chi connectivity index (χ0) is 14.7. The number of nitrogens with two attached hydrogens (primary N) is 1. The summed E-state index contributed by atoms with van der Waals surface area (Å²) in [5.41, 5.74) is 8.07. The predicted molar refractivity (Wildman–Crippen MR) is 86.1 cm³/mol. The van der Waals surface area contributed by atoms with Gasteiger partial charge in [0.25, 0.3) is 0 Å². The highest BCUT2D eigenvalue weighted by molar-refractivity contribution is 7.80. The zero-order valence-electron chi connectivity index (χ0n) is 11.1. The van der Waals surface area contributed by atoms with Crippen LogP contribution in [0.1, 0.15) is 11.3 Å². The fraction of sp³-hybridized carbons (Fsp3) is 0.143. The number of pyridine rings is 1. The van der Waals surface area contributed by atoms with Crippen LogP contribution >= 0.6 is 23.8 Å². The van der Waals surface area contributed by atoms with Gasteiger partial charge in [-0.2, -0.15) is 0 Å². The minimum Gasteiger partial charge on any atom is -0.495 e. The van der Waals surface area contributed by atoms with Gasteiger partial charge in [-0.15, -0.1) is 0 Å². The molecule has 0 aliphatic carbocycles. The van der Waals surface area contributed by atoms with Crippen molar-refractivity contribution in [3.8, 4) is 5.75 Å². The number of benzene rings is 1. The predicted octanol–water partition coefficient (Wildman–Crippen LogP) is 3.43. The van der Waals surface area contributed by atoms with E-state index in [1.807, 2.05) is 19.1 Å². The number of aromatic nitrogens is 1. The minimum atomic E-state index is 0.340. The fourth-order valence-corrected chi connectivity index (χ4v) is 2.07. The Morgan fingerprint density at radius 3 is 2.75 bits per heavy atom. The van der Waals surface area contributed by atoms with Crippen LogP contribution in [0.3, 0.4) is 0 Å². The maximum Gasteiger partial charge on any atom is 0.139 e. The number of hydrogen-bond acceptors (Lipinski definition) is 4. The lowest BCUT2D eigenvalue weighted by molar-refractivity contribution is 0.415. The van der Waals surface area contributed by atoms with Gasteiger partial charge in [0.05, 0.1) is 12.1 Å². The van der Waals surface area contributed by atoms with Gasteiger partial charge in [0.1, 0.15) is 16.6 Å². The summed E-state index contributed by atoms with van der Waals surface area (Å²) >= 11 is 11.0. The lowest BCUT2D eigenvalue weighted by Gasteiger charge is -2.10. The van der Waals surface area contributed by atoms with Gasteiger partial charge in [-0.3, -0.25) is 0 Å². The molecule has 2 aromatic rings. The number of anilines is 2. The van der Waals surface area contributed by atoms with Crippen LogP contribution in [0.5, 0.6) is 5.75 Å². The highest BCUT2D eigenvalue weighted by Crippen LogP contribution is 2.28. The number of methoxy groups -OCH3 is 1. The number of halogens is 1. The lowest BCUT2D eigenvalue weighted by atomic mass is 10.2. The molecule has 20 heavy (non-hydrogen) atoms. The van der Waals surface area contributed by atoms with E-state index in [1.54, 1.807) is 25.3 Å². The van der Waals surface area contributed by atoms with Crippen LogP contribution in [-0.4, -0.2) is 17.1 Å². The van der Waals surface area contributed by atoms with Gasteiger partial charge in [-0.25, -0.2) is 4.98 Å². The van der Waals surface area contributed by atoms with Crippen LogP contribution in [-0.2, 0) is 0 Å². The highest BCUT2D eigenvalue weighted by Gasteiger charge is 2.05. The van der Waals surface area contributed by atoms with E-state index in [-0.39, 0.29) is 0 Å². The molecule has 0 aliphatic rings. The molecule has 1 aromatic carbocycles. The van der Waals surface area contributed by atoms with Gasteiger partial charge >= 0.3 is 0 Å². The third-order valence-corrected chi connectivity index (χ3v) is 3.21. The second kappa shape index (κ2) is 6.07. The van der Waals surface area contributed by atoms with Crippen LogP contribution in [0.4, 0.5) is 11.5 Å². The summed E-state index contributed by atoms with van der Waals surface area (Å²) in [4.78, 5) is 4.73. The Morgan fingerprint density at radius 2 is 2.10 bits per heavy atom. The summed E-state index contributed by atoms with van der Waals surface area (Å²) in [6, 6.07) is 9.04. The van der Waals surface area contributed by atoms with Gasteiger partial charge in [-0.1, -0.05) is 23.8 Å². The lowest BCUT2D eigenvalue weighted by Crippen LogP contribution is -2.10. The SMILES string of the molecule is COc1cc(Nc2cc(C(N)=S)cc(C)n2)ccc1Cl. The monoisotopic (exact) mass is 307 g/mol. The number of nitrogens with one attached hydrogen (secondary N) is 1. The van der Waals surface area contributed by atoms with Gasteiger partial charge < -0.3 is 15.8 Å². The van der Waals surface area contributed by atoms with Gasteiger partial charge in [0, 0.05) is 23.0 Å². The van der Waals surface area contributed by atoms with Crippen molar-refractivity contribution in [2.75, 3.05) is 12.4 Å². The van der Waals surface area contributed by atoms with E-state index in [1.165, 1.54) is 0 Å². The van der Waals surface area contributed by atoms with Crippen LogP contribution in [0.2, 0.25) is 5.02 Å². The van der Waals surface area contributed by atoms with E-state index in [0.717, 1.165) is 16.9 Å². The van der Waals surface area contributed by atoms with E-state index in [4.69, 9.17) is 34.3 Å². The Morgan fingerprint density at radius 1 is 1.35 bits per heavy atom. The maximum atomic E-state index is 5.99. The Labute approximate surface area is 127 Å². The van der Waals surface area contributed by atoms with Crippen molar-refractivity contribution in [1.82, 2.24) is 4.98 Å². The van der Waals surface area contributed by atoms with Crippen molar-refractivity contribution in [3.63, 3.8) is 0 Å². The van der Waals surface area contributed by atoms with Crippen LogP contribution in [0, 0.1) is 6.92 Å². The molecule has 0 radical (unpaired) electrons. The van der Waals surface area contributed by atoms with Gasteiger partial charge in [0.15, 0.2) is 0 Å². The molecule has 3 N–H and O–H groups in total. The molecule has 0 saturated heterocycles. The summed E-state index contributed by atoms with van der Waals surface area (Å²) < 4.78 is 5.18. The summed E-state index contributed by atoms with van der Waals surface area (Å²) in [6.45, 7) is 1.88. The Balaban J connectivity index is 2.32. The number of rotatable bonds is 4. The molecule has 0 unspecified atom stereocenters. The van der Waals surface area contributed by atoms with E-state index in [2.05, 4.69) is 10.3 Å². The molecule has 4 nitrogen and oxygen atoms in total. The molecule has 6 heteroatoms. The van der Waals surface area contributed by atoms with E-state index in [0.29, 0.717) is 21.6 Å². The van der Waals surface area contributed by atoms with Crippen molar-refractivity contribution >= 4 is 40.3 Å². The first-order valence-corrected chi connectivity index (χ1v) is 6.67. The smallest absolute Gasteiger partial charge is 0.139 e. The molecule has 0 bridgehead atoms. The number of aryl methyl sites for hydroxylation is 1. The summed E-state index contributed by atoms with van der Waals surface area (Å²) in [5, 5.41) is 3.73. The third-order valence-electron chi connectivity index (χ3n) is 2.66. The van der Waals surface area contributed by atoms with Gasteiger partial charge in [0.2, 0.25) is 0 Å². The molecular formula is C14H14ClN3OS. The quantitative estimate of drug-likeness (QED) is 0.847. The second-order valence-corrected chi connectivity index (χ2v) is 5.07. The molecule has 1 aromatic heterocycles. The van der Waals surface area contributed by atoms with Crippen molar-refractivity contribution in [2.24, 2.45) is 5.73 Å². The Bertz CT molecular complexity index is 661. The normalized spacial score (nSPS) is 10.2. The topological polar surface area (TPSA) is 60.2 Å². The van der Waals surface area contributed by atoms with Crippen molar-refractivity contribution in [3.05, 3.63) is 46.6 Å². The largest absolute Gasteiger partial charge is 0.495 e. The molecule has 0 atom stereocenters. The molecule has 0 aliphatic heterocycles. The molecule has 0 amide bonds. The number of nitrogens with zero attached hydrogens (tertiary/aromatic N) is 1. The number of ether oxygens (including phenoxy) is 1. The molecule has 0 saturated carbocycles. The van der Waals surface area contributed by atoms with Crippen molar-refractivity contribution < 1.29 is 4.74 Å². The summed E-state index contributed by atoms with van der Waals surface area (Å²) in [6.07, 6.45) is 0. The molecule has 0 spiro atoms. The van der Waals surface area contributed by atoms with Crippen LogP contribution < -0.4 is 15.8 Å². The summed E-state index contributed by atoms with van der Waals surface area (Å²) in [7, 11) is 1.57. The van der Waals surface area contributed by atoms with Crippen molar-refractivity contribution in [2.45, 2.75) is 6.92 Å². The average molecular weight is 308 g/mol. The maximum absolute atomic E-state index is 5.99. The molecule has 1 heterocycles. The van der Waals surface area contributed by atoms with Crippen molar-refractivity contribution in [1.29, 1.82) is 0 Å². The zero-order valence-corrected chi connectivity index (χ0v) is 12.7. The van der Waals surface area contributed by atoms with E-state index < -0.39 is 0 Å². The first-order valence-electron chi connectivity index (χ1n) is 5.88. The molecule has 0 fully saturated rings. The fourth-order valence-electron chi connectivity index (χ4n) is 1.76. The number of thiocarbonyl (C=S) groups is 1. The highest BCUT2D eigenvalue weighted by atomic mass is 35.5. The first-order chi connectivity index (χ1) is 9.49. The third kappa shape index (κ3) is 3.37. The van der Waals surface area contributed by atoms with Crippen LogP contribution in [0.15, 0.2) is 30.3 Å². The molecule has 104 valence electrons. The Hall–Kier alpha value is -1.85. The average Bonchev–Trinajstić information content (AvgIpc) is 2.40. The molecule has 2 rings (SSSR count). The number of hydrogen-bond donors (Lipinski definition) is 2. The van der Waals surface area contributed by atoms with Gasteiger partial charge in [-0.05, 0) is 31.2 Å². The first kappa shape index (κ1) is 14.6. The van der Waals surface area contributed by atoms with Crippen LogP contribution in [0.25, 0.3) is 0 Å². The molecular weight excluding hydrogens is 294 g/mol. The Kier molecular flexibility index (Phi) is 4.42. The summed E-state index contributed by atoms with van der Waals surface area (Å²) in [5.74, 6) is 1.26.